The molecule has 6 heteroatoms. The normalized spacial score (nSPS) is 21.8. The molecular weight excluding hydrogens is 354 g/mol. The highest BCUT2D eigenvalue weighted by Gasteiger charge is 2.45. The summed E-state index contributed by atoms with van der Waals surface area (Å²) in [5, 5.41) is 0. The van der Waals surface area contributed by atoms with Crippen molar-refractivity contribution in [2.24, 2.45) is 5.41 Å². The Kier molecular flexibility index (Phi) is 4.79. The van der Waals surface area contributed by atoms with Gasteiger partial charge in [-0.2, -0.15) is 0 Å². The van der Waals surface area contributed by atoms with E-state index in [9.17, 15) is 14.4 Å². The van der Waals surface area contributed by atoms with Crippen LogP contribution < -0.4 is 5.56 Å². The molecular formula is C22H25N3O3. The number of likely N-dealkylation sites (N-methyl/N-ethyl adjacent to an activating group) is 1. The molecule has 4 rings (SSSR count). The topological polar surface area (TPSA) is 73.5 Å². The zero-order valence-corrected chi connectivity index (χ0v) is 16.1. The van der Waals surface area contributed by atoms with Gasteiger partial charge in [0, 0.05) is 32.9 Å². The molecule has 0 aliphatic carbocycles. The molecule has 6 nitrogen and oxygen atoms in total. The molecule has 2 aromatic rings. The number of nitrogens with zero attached hydrogens (tertiary/aromatic N) is 2. The van der Waals surface area contributed by atoms with Gasteiger partial charge in [-0.15, -0.1) is 0 Å². The third-order valence-electron chi connectivity index (χ3n) is 6.25. The van der Waals surface area contributed by atoms with Crippen LogP contribution in [0, 0.1) is 5.41 Å². The van der Waals surface area contributed by atoms with Gasteiger partial charge >= 0.3 is 0 Å². The number of aromatic amines is 1. The molecule has 2 amide bonds. The molecule has 3 heterocycles. The van der Waals surface area contributed by atoms with Gasteiger partial charge in [0.2, 0.25) is 5.91 Å². The van der Waals surface area contributed by atoms with Crippen molar-refractivity contribution in [3.63, 3.8) is 0 Å². The number of amides is 2. The maximum Gasteiger partial charge on any atom is 0.260 e. The van der Waals surface area contributed by atoms with Gasteiger partial charge in [0.25, 0.3) is 11.5 Å². The number of hydrogen-bond acceptors (Lipinski definition) is 3. The first-order valence-electron chi connectivity index (χ1n) is 9.76. The monoisotopic (exact) mass is 379 g/mol. The van der Waals surface area contributed by atoms with E-state index in [0.717, 1.165) is 31.4 Å². The summed E-state index contributed by atoms with van der Waals surface area (Å²) < 4.78 is 0. The lowest BCUT2D eigenvalue weighted by atomic mass is 9.67. The summed E-state index contributed by atoms with van der Waals surface area (Å²) in [7, 11) is 1.88. The van der Waals surface area contributed by atoms with Gasteiger partial charge in [-0.25, -0.2) is 0 Å². The average molecular weight is 379 g/mol. The van der Waals surface area contributed by atoms with Crippen LogP contribution in [0.4, 0.5) is 0 Å². The van der Waals surface area contributed by atoms with Crippen molar-refractivity contribution in [2.75, 3.05) is 26.7 Å². The van der Waals surface area contributed by atoms with Gasteiger partial charge in [-0.05, 0) is 42.4 Å². The van der Waals surface area contributed by atoms with Crippen molar-refractivity contribution in [1.29, 1.82) is 0 Å². The first kappa shape index (κ1) is 18.5. The van der Waals surface area contributed by atoms with Crippen molar-refractivity contribution in [2.45, 2.75) is 25.2 Å². The highest BCUT2D eigenvalue weighted by Crippen LogP contribution is 2.45. The second-order valence-electron chi connectivity index (χ2n) is 8.07. The Bertz CT molecular complexity index is 929. The van der Waals surface area contributed by atoms with E-state index in [-0.39, 0.29) is 34.3 Å². The minimum atomic E-state index is -0.347. The molecule has 0 bridgehead atoms. The fourth-order valence-electron chi connectivity index (χ4n) is 4.68. The van der Waals surface area contributed by atoms with E-state index in [1.165, 1.54) is 6.20 Å². The lowest BCUT2D eigenvalue weighted by Crippen LogP contribution is -2.53. The molecule has 1 atom stereocenters. The Hall–Kier alpha value is -2.89. The summed E-state index contributed by atoms with van der Waals surface area (Å²) in [6.07, 6.45) is 4.02. The summed E-state index contributed by atoms with van der Waals surface area (Å²) in [5.41, 5.74) is 0.924. The van der Waals surface area contributed by atoms with E-state index < -0.39 is 0 Å². The number of H-pyrrole nitrogens is 1. The number of aromatic nitrogens is 1. The molecule has 1 aromatic carbocycles. The Morgan fingerprint density at radius 1 is 1.07 bits per heavy atom. The third-order valence-corrected chi connectivity index (χ3v) is 6.25. The van der Waals surface area contributed by atoms with Crippen LogP contribution in [0.5, 0.6) is 0 Å². The lowest BCUT2D eigenvalue weighted by Gasteiger charge is -2.49. The molecule has 2 saturated heterocycles. The van der Waals surface area contributed by atoms with Gasteiger partial charge in [0.15, 0.2) is 0 Å². The number of rotatable bonds is 2. The van der Waals surface area contributed by atoms with Crippen molar-refractivity contribution >= 4 is 11.8 Å². The van der Waals surface area contributed by atoms with Gasteiger partial charge < -0.3 is 14.8 Å². The van der Waals surface area contributed by atoms with Crippen LogP contribution in [0.25, 0.3) is 0 Å². The summed E-state index contributed by atoms with van der Waals surface area (Å²) in [4.78, 5) is 43.6. The Labute approximate surface area is 164 Å². The number of pyridine rings is 1. The van der Waals surface area contributed by atoms with Gasteiger partial charge in [-0.1, -0.05) is 30.3 Å². The van der Waals surface area contributed by atoms with Crippen LogP contribution in [0.2, 0.25) is 0 Å². The van der Waals surface area contributed by atoms with E-state index in [2.05, 4.69) is 4.98 Å². The summed E-state index contributed by atoms with van der Waals surface area (Å²) in [6.45, 7) is 1.94. The predicted octanol–water partition coefficient (Wildman–Crippen LogP) is 2.24. The van der Waals surface area contributed by atoms with Crippen molar-refractivity contribution < 1.29 is 9.59 Å². The highest BCUT2D eigenvalue weighted by atomic mass is 16.2. The summed E-state index contributed by atoms with van der Waals surface area (Å²) >= 11 is 0. The quantitative estimate of drug-likeness (QED) is 0.870. The number of benzene rings is 1. The van der Waals surface area contributed by atoms with E-state index >= 15 is 0 Å². The molecule has 1 N–H and O–H groups in total. The Morgan fingerprint density at radius 3 is 2.46 bits per heavy atom. The van der Waals surface area contributed by atoms with Crippen molar-refractivity contribution in [3.8, 4) is 0 Å². The first-order valence-corrected chi connectivity index (χ1v) is 9.76. The number of carbonyl (C=O) groups excluding carboxylic acids is 2. The van der Waals surface area contributed by atoms with E-state index in [4.69, 9.17) is 0 Å². The maximum atomic E-state index is 12.8. The standard InChI is InChI=1S/C22H25N3O3/c1-24-15-22(14-18(20(24)27)16-6-3-2-4-7-16)9-12-25(13-10-22)21(28)17-8-5-11-23-19(17)26/h2-8,11,18H,9-10,12-15H2,1H3,(H,23,26)/t18-/m0/s1. The molecule has 0 radical (unpaired) electrons. The molecule has 2 aliphatic rings. The predicted molar refractivity (Wildman–Crippen MR) is 106 cm³/mol. The van der Waals surface area contributed by atoms with Crippen LogP contribution in [0.15, 0.2) is 53.5 Å². The van der Waals surface area contributed by atoms with Crippen LogP contribution in [-0.4, -0.2) is 53.3 Å². The van der Waals surface area contributed by atoms with Crippen LogP contribution in [0.1, 0.15) is 41.1 Å². The second-order valence-corrected chi connectivity index (χ2v) is 8.07. The molecule has 0 unspecified atom stereocenters. The van der Waals surface area contributed by atoms with Crippen LogP contribution in [0.3, 0.4) is 0 Å². The van der Waals surface area contributed by atoms with E-state index in [1.54, 1.807) is 17.0 Å². The number of likely N-dealkylation sites (tertiary alicyclic amines) is 2. The minimum Gasteiger partial charge on any atom is -0.345 e. The zero-order valence-electron chi connectivity index (χ0n) is 16.1. The summed E-state index contributed by atoms with van der Waals surface area (Å²) in [5.74, 6) is -0.165. The summed E-state index contributed by atoms with van der Waals surface area (Å²) in [6, 6.07) is 13.2. The van der Waals surface area contributed by atoms with Crippen molar-refractivity contribution in [3.05, 3.63) is 70.1 Å². The largest absolute Gasteiger partial charge is 0.345 e. The number of carbonyl (C=O) groups is 2. The lowest BCUT2D eigenvalue weighted by molar-refractivity contribution is -0.139. The van der Waals surface area contributed by atoms with Crippen LogP contribution >= 0.6 is 0 Å². The SMILES string of the molecule is CN1CC2(CCN(C(=O)c3ccc[nH]c3=O)CC2)C[C@@H](c2ccccc2)C1=O. The molecule has 1 spiro atoms. The fourth-order valence-corrected chi connectivity index (χ4v) is 4.68. The highest BCUT2D eigenvalue weighted by molar-refractivity contribution is 5.93. The third kappa shape index (κ3) is 3.35. The van der Waals surface area contributed by atoms with E-state index in [1.807, 2.05) is 42.3 Å². The van der Waals surface area contributed by atoms with Gasteiger partial charge in [-0.3, -0.25) is 14.4 Å². The van der Waals surface area contributed by atoms with Gasteiger partial charge in [0.1, 0.15) is 5.56 Å². The maximum absolute atomic E-state index is 12.8. The molecule has 2 fully saturated rings. The fraction of sp³-hybridized carbons (Fsp3) is 0.409. The van der Waals surface area contributed by atoms with Crippen LogP contribution in [-0.2, 0) is 4.79 Å². The average Bonchev–Trinajstić information content (AvgIpc) is 2.72. The molecule has 1 aromatic heterocycles. The number of nitrogens with one attached hydrogen (secondary N) is 1. The smallest absolute Gasteiger partial charge is 0.260 e. The Balaban J connectivity index is 1.50. The second kappa shape index (κ2) is 7.26. The molecule has 0 saturated carbocycles. The first-order chi connectivity index (χ1) is 13.5. The molecule has 146 valence electrons. The molecule has 2 aliphatic heterocycles. The van der Waals surface area contributed by atoms with Crippen molar-refractivity contribution in [1.82, 2.24) is 14.8 Å². The van der Waals surface area contributed by atoms with E-state index in [0.29, 0.717) is 13.1 Å². The number of hydrogen-bond donors (Lipinski definition) is 1. The Morgan fingerprint density at radius 2 is 1.79 bits per heavy atom. The minimum absolute atomic E-state index is 0.0169. The number of piperidine rings is 2. The zero-order chi connectivity index (χ0) is 19.7. The molecule has 28 heavy (non-hydrogen) atoms. The van der Waals surface area contributed by atoms with Gasteiger partial charge in [0.05, 0.1) is 5.92 Å².